The third-order valence-corrected chi connectivity index (χ3v) is 4.01. The van der Waals surface area contributed by atoms with Crippen LogP contribution in [0.3, 0.4) is 0 Å². The highest BCUT2D eigenvalue weighted by molar-refractivity contribution is 6.47. The van der Waals surface area contributed by atoms with Gasteiger partial charge >= 0.3 is 11.8 Å². The van der Waals surface area contributed by atoms with Crippen LogP contribution in [0.1, 0.15) is 54.4 Å². The molecular formula is C22H36BN2O2. The Bertz CT molecular complexity index is 582. The monoisotopic (exact) mass is 371 g/mol. The summed E-state index contributed by atoms with van der Waals surface area (Å²) in [5, 5.41) is 2.84. The van der Waals surface area contributed by atoms with Crippen LogP contribution >= 0.6 is 0 Å². The van der Waals surface area contributed by atoms with E-state index in [1.165, 1.54) is 0 Å². The summed E-state index contributed by atoms with van der Waals surface area (Å²) in [5.74, 6) is -1.13. The van der Waals surface area contributed by atoms with Crippen molar-refractivity contribution < 1.29 is 9.59 Å². The van der Waals surface area contributed by atoms with Crippen LogP contribution in [0.25, 0.3) is 0 Å². The minimum absolute atomic E-state index is 0.00330. The molecule has 0 saturated heterocycles. The average molecular weight is 371 g/mol. The molecule has 0 spiro atoms. The summed E-state index contributed by atoms with van der Waals surface area (Å²) in [6.07, 6.45) is 9.39. The number of hydrogen-bond donors (Lipinski definition) is 1. The zero-order valence-corrected chi connectivity index (χ0v) is 18.0. The minimum atomic E-state index is -0.573. The van der Waals surface area contributed by atoms with Gasteiger partial charge in [-0.15, -0.1) is 0 Å². The van der Waals surface area contributed by atoms with Crippen molar-refractivity contribution in [1.82, 2.24) is 10.2 Å². The molecule has 149 valence electrons. The second-order valence-corrected chi connectivity index (χ2v) is 7.69. The standard InChI is InChI=1S/C22H36BN2O2/c1-9-14-15-18(23-13-5)19(12-4)25(16-22(6,7)8)21(27)20(26)24-17(10-2)11-3/h9,12,14-15,17H,1,4,10-11,13,16H2,2-3,5-8H3,(H,24,26)/b15-14-,19-18-. The largest absolute Gasteiger partial charge is 0.345 e. The number of hydrogen-bond acceptors (Lipinski definition) is 2. The lowest BCUT2D eigenvalue weighted by Gasteiger charge is -2.32. The van der Waals surface area contributed by atoms with E-state index in [9.17, 15) is 9.59 Å². The van der Waals surface area contributed by atoms with Gasteiger partial charge in [-0.25, -0.2) is 0 Å². The summed E-state index contributed by atoms with van der Waals surface area (Å²) in [4.78, 5) is 27.2. The van der Waals surface area contributed by atoms with Gasteiger partial charge in [0, 0.05) is 18.3 Å². The zero-order valence-electron chi connectivity index (χ0n) is 18.0. The molecule has 0 aromatic heterocycles. The summed E-state index contributed by atoms with van der Waals surface area (Å²) >= 11 is 0. The van der Waals surface area contributed by atoms with Crippen LogP contribution in [-0.2, 0) is 9.59 Å². The SMILES string of the molecule is C=C/C=C\C([B]CC)=C(/C=C)N(CC(C)(C)C)C(=O)C(=O)NC(CC)CC. The number of carbonyl (C=O) groups is 2. The third-order valence-electron chi connectivity index (χ3n) is 4.01. The quantitative estimate of drug-likeness (QED) is 0.350. The van der Waals surface area contributed by atoms with Gasteiger partial charge in [0.2, 0.25) is 0 Å². The normalized spacial score (nSPS) is 12.6. The number of nitrogens with zero attached hydrogens (tertiary/aromatic N) is 1. The van der Waals surface area contributed by atoms with Crippen LogP contribution in [-0.4, -0.2) is 36.6 Å². The maximum Gasteiger partial charge on any atom is 0.316 e. The number of nitrogens with one attached hydrogen (secondary N) is 1. The Kier molecular flexibility index (Phi) is 11.4. The van der Waals surface area contributed by atoms with E-state index in [1.807, 2.05) is 61.0 Å². The van der Waals surface area contributed by atoms with Gasteiger partial charge in [-0.3, -0.25) is 9.59 Å². The van der Waals surface area contributed by atoms with Crippen molar-refractivity contribution >= 4 is 19.1 Å². The van der Waals surface area contributed by atoms with Crippen molar-refractivity contribution in [3.05, 3.63) is 48.6 Å². The van der Waals surface area contributed by atoms with E-state index in [0.717, 1.165) is 24.6 Å². The van der Waals surface area contributed by atoms with E-state index in [2.05, 4.69) is 18.5 Å². The Morgan fingerprint density at radius 2 is 1.74 bits per heavy atom. The average Bonchev–Trinajstić information content (AvgIpc) is 2.61. The van der Waals surface area contributed by atoms with Crippen LogP contribution in [0, 0.1) is 5.41 Å². The molecule has 5 heteroatoms. The van der Waals surface area contributed by atoms with Gasteiger partial charge in [-0.05, 0) is 24.3 Å². The molecule has 0 aromatic carbocycles. The molecule has 0 aromatic rings. The van der Waals surface area contributed by atoms with Gasteiger partial charge in [-0.2, -0.15) is 0 Å². The highest BCUT2D eigenvalue weighted by Gasteiger charge is 2.29. The van der Waals surface area contributed by atoms with Gasteiger partial charge < -0.3 is 10.2 Å². The first kappa shape index (κ1) is 25.0. The second kappa shape index (κ2) is 12.4. The van der Waals surface area contributed by atoms with Crippen LogP contribution in [0.2, 0.25) is 6.32 Å². The Morgan fingerprint density at radius 1 is 1.15 bits per heavy atom. The fourth-order valence-corrected chi connectivity index (χ4v) is 2.64. The molecule has 0 aliphatic rings. The second-order valence-electron chi connectivity index (χ2n) is 7.69. The van der Waals surface area contributed by atoms with E-state index in [1.54, 1.807) is 17.1 Å². The molecule has 1 N–H and O–H groups in total. The first-order chi connectivity index (χ1) is 12.6. The van der Waals surface area contributed by atoms with Crippen molar-refractivity contribution in [3.8, 4) is 0 Å². The van der Waals surface area contributed by atoms with E-state index >= 15 is 0 Å². The topological polar surface area (TPSA) is 49.4 Å². The van der Waals surface area contributed by atoms with Gasteiger partial charge in [-0.1, -0.05) is 84.7 Å². The fraction of sp³-hybridized carbons (Fsp3) is 0.545. The molecule has 0 fully saturated rings. The smallest absolute Gasteiger partial charge is 0.316 e. The first-order valence-electron chi connectivity index (χ1n) is 9.76. The van der Waals surface area contributed by atoms with E-state index in [0.29, 0.717) is 12.2 Å². The Morgan fingerprint density at radius 3 is 2.15 bits per heavy atom. The van der Waals surface area contributed by atoms with Gasteiger partial charge in [0.05, 0.1) is 0 Å². The number of allylic oxidation sites excluding steroid dienone is 5. The van der Waals surface area contributed by atoms with E-state index < -0.39 is 11.8 Å². The number of amides is 2. The first-order valence-corrected chi connectivity index (χ1v) is 9.76. The predicted octanol–water partition coefficient (Wildman–Crippen LogP) is 4.45. The lowest BCUT2D eigenvalue weighted by molar-refractivity contribution is -0.145. The lowest BCUT2D eigenvalue weighted by atomic mass is 9.65. The predicted molar refractivity (Wildman–Crippen MR) is 116 cm³/mol. The van der Waals surface area contributed by atoms with Crippen molar-refractivity contribution in [2.45, 2.75) is 66.7 Å². The molecule has 0 bridgehead atoms. The van der Waals surface area contributed by atoms with Crippen LogP contribution in [0.4, 0.5) is 0 Å². The molecule has 0 unspecified atom stereocenters. The molecule has 4 nitrogen and oxygen atoms in total. The number of rotatable bonds is 10. The molecule has 27 heavy (non-hydrogen) atoms. The van der Waals surface area contributed by atoms with Crippen molar-refractivity contribution in [2.24, 2.45) is 5.41 Å². The molecule has 1 radical (unpaired) electrons. The van der Waals surface area contributed by atoms with Gasteiger partial charge in [0.25, 0.3) is 0 Å². The molecular weight excluding hydrogens is 335 g/mol. The fourth-order valence-electron chi connectivity index (χ4n) is 2.64. The van der Waals surface area contributed by atoms with Crippen molar-refractivity contribution in [1.29, 1.82) is 0 Å². The molecule has 0 saturated carbocycles. The molecule has 0 aliphatic carbocycles. The summed E-state index contributed by atoms with van der Waals surface area (Å²) < 4.78 is 0. The van der Waals surface area contributed by atoms with Gasteiger partial charge in [0.15, 0.2) is 7.28 Å². The summed E-state index contributed by atoms with van der Waals surface area (Å²) in [6, 6.07) is -0.00330. The summed E-state index contributed by atoms with van der Waals surface area (Å²) in [6.45, 7) is 20.1. The molecule has 0 aliphatic heterocycles. The van der Waals surface area contributed by atoms with Crippen LogP contribution < -0.4 is 5.32 Å². The molecule has 0 heterocycles. The van der Waals surface area contributed by atoms with Crippen LogP contribution in [0.15, 0.2) is 48.6 Å². The third kappa shape index (κ3) is 8.94. The van der Waals surface area contributed by atoms with E-state index in [-0.39, 0.29) is 11.5 Å². The maximum absolute atomic E-state index is 13.0. The summed E-state index contributed by atoms with van der Waals surface area (Å²) in [5.41, 5.74) is 1.30. The van der Waals surface area contributed by atoms with Crippen molar-refractivity contribution in [3.63, 3.8) is 0 Å². The van der Waals surface area contributed by atoms with Crippen molar-refractivity contribution in [2.75, 3.05) is 6.54 Å². The Labute approximate surface area is 166 Å². The Balaban J connectivity index is 6.07. The zero-order chi connectivity index (χ0) is 21.0. The Hall–Kier alpha value is -2.04. The summed E-state index contributed by atoms with van der Waals surface area (Å²) in [7, 11) is 2.01. The number of carbonyl (C=O) groups excluding carboxylic acids is 2. The van der Waals surface area contributed by atoms with Gasteiger partial charge in [0.1, 0.15) is 0 Å². The molecule has 0 rings (SSSR count). The van der Waals surface area contributed by atoms with E-state index in [4.69, 9.17) is 0 Å². The highest BCUT2D eigenvalue weighted by atomic mass is 16.2. The highest BCUT2D eigenvalue weighted by Crippen LogP contribution is 2.22. The molecule has 0 atom stereocenters. The van der Waals surface area contributed by atoms with Crippen LogP contribution in [0.5, 0.6) is 0 Å². The minimum Gasteiger partial charge on any atom is -0.345 e. The lowest BCUT2D eigenvalue weighted by Crippen LogP contribution is -2.48. The molecule has 2 amide bonds. The maximum atomic E-state index is 13.0.